The fraction of sp³-hybridized carbons (Fsp3) is 0.552. The van der Waals surface area contributed by atoms with Crippen LogP contribution >= 0.6 is 23.7 Å². The topological polar surface area (TPSA) is 0 Å². The molecule has 1 unspecified atom stereocenters. The summed E-state index contributed by atoms with van der Waals surface area (Å²) in [4.78, 5) is 2.95. The van der Waals surface area contributed by atoms with Gasteiger partial charge in [0.05, 0.1) is 0 Å². The predicted molar refractivity (Wildman–Crippen MR) is 155 cm³/mol. The first-order valence-corrected chi connectivity index (χ1v) is 16.3. The predicted octanol–water partition coefficient (Wildman–Crippen LogP) is 9.71. The van der Waals surface area contributed by atoms with Crippen molar-refractivity contribution in [3.8, 4) is 0 Å². The Morgan fingerprint density at radius 3 is 1.59 bits per heavy atom. The Morgan fingerprint density at radius 2 is 1.19 bits per heavy atom. The first-order chi connectivity index (χ1) is 14.3. The zero-order valence-electron chi connectivity index (χ0n) is 22.2. The number of allylic oxidation sites excluding steroid dienone is 12. The third kappa shape index (κ3) is 7.33. The average Bonchev–Trinajstić information content (AvgIpc) is 2.59. The van der Waals surface area contributed by atoms with Gasteiger partial charge in [0.2, 0.25) is 0 Å². The summed E-state index contributed by atoms with van der Waals surface area (Å²) >= 11 is 4.46. The molecule has 178 valence electrons. The molecule has 3 heteroatoms. The molecule has 32 heavy (non-hydrogen) atoms. The summed E-state index contributed by atoms with van der Waals surface area (Å²) in [5.74, 6) is 0. The number of rotatable bonds is 2. The number of hydrogen-bond acceptors (Lipinski definition) is 0. The van der Waals surface area contributed by atoms with Crippen molar-refractivity contribution in [2.75, 3.05) is 0 Å². The SMILES string of the molecule is CC(C)(C)C1=CC(=CC=CC2=CC(C(C)(C)C)=S(Br)C(C(C)(C)C)=C2)C=C(C(C)(C)C)[Se]1. The molecule has 0 N–H and O–H groups in total. The van der Waals surface area contributed by atoms with E-state index in [0.29, 0.717) is 15.0 Å². The molecular weight excluding hydrogens is 539 g/mol. The van der Waals surface area contributed by atoms with Crippen LogP contribution in [0.3, 0.4) is 0 Å². The van der Waals surface area contributed by atoms with Gasteiger partial charge in [0, 0.05) is 0 Å². The molecule has 2 rings (SSSR count). The molecule has 0 bridgehead atoms. The van der Waals surface area contributed by atoms with Gasteiger partial charge < -0.3 is 0 Å². The maximum absolute atomic E-state index is 4.03. The van der Waals surface area contributed by atoms with E-state index in [-0.39, 0.29) is 30.6 Å². The molecule has 0 aromatic heterocycles. The molecule has 1 atom stereocenters. The molecule has 2 aliphatic rings. The van der Waals surface area contributed by atoms with Gasteiger partial charge in [0.1, 0.15) is 0 Å². The first kappa shape index (κ1) is 27.9. The van der Waals surface area contributed by atoms with E-state index < -0.39 is 0 Å². The zero-order chi connectivity index (χ0) is 24.7. The summed E-state index contributed by atoms with van der Waals surface area (Å²) in [6, 6.07) is 0. The fourth-order valence-corrected chi connectivity index (χ4v) is 11.1. The van der Waals surface area contributed by atoms with E-state index in [4.69, 9.17) is 0 Å². The second-order valence-corrected chi connectivity index (χ2v) is 18.5. The van der Waals surface area contributed by atoms with Crippen molar-refractivity contribution in [3.05, 3.63) is 67.5 Å². The summed E-state index contributed by atoms with van der Waals surface area (Å²) < 4.78 is 3.16. The molecule has 0 saturated heterocycles. The minimum absolute atomic E-state index is 0.0171. The van der Waals surface area contributed by atoms with E-state index in [1.165, 1.54) is 20.9 Å². The van der Waals surface area contributed by atoms with Gasteiger partial charge in [-0.2, -0.15) is 0 Å². The van der Waals surface area contributed by atoms with Crippen LogP contribution in [0, 0.1) is 21.7 Å². The van der Waals surface area contributed by atoms with Crippen LogP contribution in [-0.4, -0.2) is 19.8 Å². The molecule has 0 fully saturated rings. The molecule has 0 amide bonds. The molecule has 0 radical (unpaired) electrons. The Labute approximate surface area is 214 Å². The second-order valence-electron chi connectivity index (χ2n) is 12.9. The summed E-state index contributed by atoms with van der Waals surface area (Å²) in [5.41, 5.74) is 3.31. The van der Waals surface area contributed by atoms with Gasteiger partial charge >= 0.3 is 216 Å². The minimum atomic E-state index is -0.0171. The van der Waals surface area contributed by atoms with Crippen LogP contribution in [0.5, 0.6) is 0 Å². The third-order valence-electron chi connectivity index (χ3n) is 5.33. The number of halogens is 1. The van der Waals surface area contributed by atoms with Crippen molar-refractivity contribution in [1.82, 2.24) is 0 Å². The monoisotopic (exact) mass is 582 g/mol. The molecule has 0 aromatic carbocycles. The van der Waals surface area contributed by atoms with Crippen molar-refractivity contribution in [1.29, 1.82) is 0 Å². The summed E-state index contributed by atoms with van der Waals surface area (Å²) in [5, 5.41) is 0. The number of hydrogen-bond donors (Lipinski definition) is 0. The van der Waals surface area contributed by atoms with Crippen LogP contribution in [0.15, 0.2) is 67.5 Å². The van der Waals surface area contributed by atoms with E-state index in [1.807, 2.05) is 0 Å². The van der Waals surface area contributed by atoms with E-state index in [0.717, 1.165) is 0 Å². The Bertz CT molecular complexity index is 934. The quantitative estimate of drug-likeness (QED) is 0.225. The van der Waals surface area contributed by atoms with E-state index in [9.17, 15) is 0 Å². The molecular formula is C29H43BrSSe. The summed E-state index contributed by atoms with van der Waals surface area (Å²) in [6.07, 6.45) is 16.4. The summed E-state index contributed by atoms with van der Waals surface area (Å²) in [6.45, 7) is 27.9. The zero-order valence-corrected chi connectivity index (χ0v) is 26.4. The van der Waals surface area contributed by atoms with Gasteiger partial charge in [-0.15, -0.1) is 0 Å². The maximum atomic E-state index is 4.03. The van der Waals surface area contributed by atoms with Gasteiger partial charge in [-0.3, -0.25) is 0 Å². The van der Waals surface area contributed by atoms with Crippen LogP contribution in [0.25, 0.3) is 0 Å². The standard InChI is InChI=1S/C29H43BrSSe/c1-26(2,3)22-16-20(17-23(31(22)30)27(4,5)6)14-13-15-21-18-24(28(7,8)9)32-25(19-21)29(10,11)12/h13-19H,1-12H3. The fourth-order valence-electron chi connectivity index (χ4n) is 3.26. The van der Waals surface area contributed by atoms with Crippen molar-refractivity contribution < 1.29 is 0 Å². The second kappa shape index (κ2) is 9.73. The Hall–Kier alpha value is -0.341. The molecule has 0 aliphatic carbocycles. The van der Waals surface area contributed by atoms with Crippen molar-refractivity contribution in [3.63, 3.8) is 0 Å². The van der Waals surface area contributed by atoms with E-state index in [1.54, 1.807) is 8.94 Å². The summed E-state index contributed by atoms with van der Waals surface area (Å²) in [7, 11) is -0.0171. The van der Waals surface area contributed by atoms with Crippen LogP contribution in [0.1, 0.15) is 83.1 Å². The average molecular weight is 583 g/mol. The van der Waals surface area contributed by atoms with Crippen LogP contribution in [0.2, 0.25) is 0 Å². The van der Waals surface area contributed by atoms with Gasteiger partial charge in [0.25, 0.3) is 0 Å². The van der Waals surface area contributed by atoms with Gasteiger partial charge in [-0.1, -0.05) is 0 Å². The normalized spacial score (nSPS) is 21.3. The van der Waals surface area contributed by atoms with Crippen LogP contribution < -0.4 is 0 Å². The van der Waals surface area contributed by atoms with E-state index in [2.05, 4.69) is 140 Å². The molecule has 0 aromatic rings. The Balaban J connectivity index is 2.49. The van der Waals surface area contributed by atoms with Crippen LogP contribution in [-0.2, 0) is 0 Å². The molecule has 0 nitrogen and oxygen atoms in total. The molecule has 0 spiro atoms. The molecule has 2 heterocycles. The van der Waals surface area contributed by atoms with Crippen LogP contribution in [0.4, 0.5) is 0 Å². The van der Waals surface area contributed by atoms with Gasteiger partial charge in [-0.05, 0) is 0 Å². The molecule has 2 aliphatic heterocycles. The van der Waals surface area contributed by atoms with Crippen molar-refractivity contribution in [2.45, 2.75) is 83.1 Å². The Kier molecular flexibility index (Phi) is 8.48. The Morgan fingerprint density at radius 1 is 0.688 bits per heavy atom. The third-order valence-corrected chi connectivity index (χ3v) is 13.6. The first-order valence-electron chi connectivity index (χ1n) is 11.5. The van der Waals surface area contributed by atoms with Crippen molar-refractivity contribution >= 4 is 43.6 Å². The van der Waals surface area contributed by atoms with Gasteiger partial charge in [0.15, 0.2) is 0 Å². The van der Waals surface area contributed by atoms with Gasteiger partial charge in [-0.25, -0.2) is 0 Å². The molecule has 0 saturated carbocycles. The van der Waals surface area contributed by atoms with E-state index >= 15 is 0 Å². The van der Waals surface area contributed by atoms with Crippen molar-refractivity contribution in [2.24, 2.45) is 21.7 Å².